The number of hydrogen-bond acceptors (Lipinski definition) is 7. The van der Waals surface area contributed by atoms with Crippen LogP contribution in [0.1, 0.15) is 11.3 Å². The van der Waals surface area contributed by atoms with Crippen molar-refractivity contribution < 1.29 is 24.8 Å². The first-order valence-corrected chi connectivity index (χ1v) is 9.42. The van der Waals surface area contributed by atoms with Gasteiger partial charge in [0, 0.05) is 11.3 Å². The summed E-state index contributed by atoms with van der Waals surface area (Å²) >= 11 is 5.63. The lowest BCUT2D eigenvalue weighted by Crippen LogP contribution is -2.58. The van der Waals surface area contributed by atoms with Crippen LogP contribution in [0.3, 0.4) is 0 Å². The van der Waals surface area contributed by atoms with Crippen LogP contribution in [-0.2, 0) is 15.9 Å². The Kier molecular flexibility index (Phi) is 8.48. The molecule has 0 radical (unpaired) electrons. The molecule has 1 aliphatic heterocycles. The zero-order chi connectivity index (χ0) is 17.4. The van der Waals surface area contributed by atoms with E-state index in [4.69, 9.17) is 9.47 Å². The Hall–Kier alpha value is -0.670. The first kappa shape index (κ1) is 19.7. The van der Waals surface area contributed by atoms with E-state index in [1.807, 2.05) is 41.8 Å². The van der Waals surface area contributed by atoms with Crippen LogP contribution >= 0.6 is 24.0 Å². The fourth-order valence-corrected chi connectivity index (χ4v) is 3.26. The van der Waals surface area contributed by atoms with Crippen molar-refractivity contribution in [3.05, 3.63) is 46.7 Å². The zero-order valence-corrected chi connectivity index (χ0v) is 15.0. The number of aliphatic hydroxyl groups excluding tert-OH is 3. The Morgan fingerprint density at radius 1 is 1.04 bits per heavy atom. The van der Waals surface area contributed by atoms with Crippen LogP contribution in [0.25, 0.3) is 0 Å². The van der Waals surface area contributed by atoms with Crippen LogP contribution in [0.4, 0.5) is 0 Å². The fourth-order valence-electron chi connectivity index (χ4n) is 2.37. The topological polar surface area (TPSA) is 79.2 Å². The van der Waals surface area contributed by atoms with Gasteiger partial charge in [0.1, 0.15) is 18.3 Å². The molecule has 1 saturated heterocycles. The molecule has 0 spiro atoms. The smallest absolute Gasteiger partial charge is 0.186 e. The van der Waals surface area contributed by atoms with E-state index < -0.39 is 30.7 Å². The molecule has 0 saturated carbocycles. The molecule has 134 valence electrons. The summed E-state index contributed by atoms with van der Waals surface area (Å²) in [7, 11) is 0. The molecule has 1 aromatic rings. The van der Waals surface area contributed by atoms with Crippen molar-refractivity contribution in [2.75, 3.05) is 12.4 Å². The first-order chi connectivity index (χ1) is 11.6. The molecule has 1 fully saturated rings. The number of aliphatic hydroxyl groups is 3. The van der Waals surface area contributed by atoms with E-state index >= 15 is 0 Å². The van der Waals surface area contributed by atoms with Gasteiger partial charge in [0.15, 0.2) is 6.29 Å². The van der Waals surface area contributed by atoms with E-state index in [9.17, 15) is 15.3 Å². The Bertz CT molecular complexity index is 513. The maximum Gasteiger partial charge on any atom is 0.186 e. The molecule has 3 N–H and O–H groups in total. The molecule has 7 heteroatoms. The Morgan fingerprint density at radius 2 is 1.79 bits per heavy atom. The molecule has 0 aliphatic carbocycles. The van der Waals surface area contributed by atoms with Gasteiger partial charge in [-0.15, -0.1) is 11.3 Å². The van der Waals surface area contributed by atoms with Crippen molar-refractivity contribution in [2.24, 2.45) is 0 Å². The number of ether oxygens (including phenoxy) is 2. The summed E-state index contributed by atoms with van der Waals surface area (Å²) in [5, 5.41) is 32.3. The molecular formula is C17H24O5S2. The zero-order valence-electron chi connectivity index (χ0n) is 13.3. The lowest BCUT2D eigenvalue weighted by atomic mass is 9.96. The van der Waals surface area contributed by atoms with Gasteiger partial charge in [-0.3, -0.25) is 0 Å². The predicted octanol–water partition coefficient (Wildman–Crippen LogP) is 1.56. The van der Waals surface area contributed by atoms with Gasteiger partial charge < -0.3 is 24.8 Å². The van der Waals surface area contributed by atoms with Crippen LogP contribution < -0.4 is 0 Å². The number of hydrogen-bond donors (Lipinski definition) is 4. The van der Waals surface area contributed by atoms with E-state index in [1.54, 1.807) is 0 Å². The second-order valence-corrected chi connectivity index (χ2v) is 7.00. The van der Waals surface area contributed by atoms with Gasteiger partial charge >= 0.3 is 0 Å². The third-order valence-electron chi connectivity index (χ3n) is 3.68. The van der Waals surface area contributed by atoms with Gasteiger partial charge in [0.2, 0.25) is 0 Å². The maximum atomic E-state index is 10.2. The summed E-state index contributed by atoms with van der Waals surface area (Å²) in [6.07, 6.45) is -4.24. The Balaban J connectivity index is 2.09. The van der Waals surface area contributed by atoms with Gasteiger partial charge in [-0.1, -0.05) is 30.3 Å². The molecule has 2 heterocycles. The van der Waals surface area contributed by atoms with Crippen LogP contribution in [0.5, 0.6) is 0 Å². The third kappa shape index (κ3) is 5.70. The summed E-state index contributed by atoms with van der Waals surface area (Å²) < 4.78 is 11.2. The van der Waals surface area contributed by atoms with Crippen molar-refractivity contribution >= 4 is 24.0 Å². The van der Waals surface area contributed by atoms with E-state index in [1.165, 1.54) is 11.3 Å². The lowest BCUT2D eigenvalue weighted by Gasteiger charge is -2.40. The van der Waals surface area contributed by atoms with Gasteiger partial charge in [0.25, 0.3) is 0 Å². The molecule has 2 rings (SSSR count). The Morgan fingerprint density at radius 3 is 2.58 bits per heavy atom. The van der Waals surface area contributed by atoms with E-state index in [0.29, 0.717) is 25.2 Å². The highest BCUT2D eigenvalue weighted by Crippen LogP contribution is 2.25. The minimum absolute atomic E-state index is 0.370. The van der Waals surface area contributed by atoms with Crippen LogP contribution in [-0.4, -0.2) is 58.4 Å². The van der Waals surface area contributed by atoms with Gasteiger partial charge in [-0.05, 0) is 23.6 Å². The summed E-state index contributed by atoms with van der Waals surface area (Å²) in [6, 6.07) is 11.5. The summed E-state index contributed by atoms with van der Waals surface area (Å²) in [5.41, 5.74) is 0. The molecule has 1 aromatic heterocycles. The average Bonchev–Trinajstić information content (AvgIpc) is 2.71. The van der Waals surface area contributed by atoms with E-state index in [0.717, 1.165) is 4.88 Å². The summed E-state index contributed by atoms with van der Waals surface area (Å²) in [5.74, 6) is 0.660. The molecule has 0 unspecified atom stereocenters. The SMILES string of the molecule is O[C@H]1[C@@H](O)[C@@H](Cc2cccccccs2)O[C@@H](OCCCS)[C@@H]1O. The maximum absolute atomic E-state index is 10.2. The standard InChI is InChI=1S/C17H24O5S2/c18-14-13(11-12-7-4-2-1-3-5-10-24-12)22-17(16(20)15(14)19)21-8-6-9-23/h1-5,7,10,13-20,23H,6,8-9,11H2/t13-,14+,15+,16-,17-/m1/s1. The van der Waals surface area contributed by atoms with Crippen LogP contribution in [0, 0.1) is 0 Å². The van der Waals surface area contributed by atoms with Gasteiger partial charge in [-0.25, -0.2) is 0 Å². The van der Waals surface area contributed by atoms with Gasteiger partial charge in [-0.2, -0.15) is 12.6 Å². The second kappa shape index (κ2) is 10.4. The van der Waals surface area contributed by atoms with Crippen molar-refractivity contribution in [3.63, 3.8) is 0 Å². The predicted molar refractivity (Wildman–Crippen MR) is 96.8 cm³/mol. The van der Waals surface area contributed by atoms with Crippen LogP contribution in [0.2, 0.25) is 0 Å². The second-order valence-electron chi connectivity index (χ2n) is 5.52. The molecule has 5 nitrogen and oxygen atoms in total. The van der Waals surface area contributed by atoms with E-state index in [2.05, 4.69) is 12.6 Å². The highest BCUT2D eigenvalue weighted by atomic mass is 32.1. The van der Waals surface area contributed by atoms with Crippen molar-refractivity contribution in [1.29, 1.82) is 0 Å². The number of rotatable bonds is 6. The minimum atomic E-state index is -1.31. The van der Waals surface area contributed by atoms with Crippen molar-refractivity contribution in [3.8, 4) is 0 Å². The molecule has 0 bridgehead atoms. The normalized spacial score (nSPS) is 29.9. The quantitative estimate of drug-likeness (QED) is 0.450. The monoisotopic (exact) mass is 372 g/mol. The Labute approximate surface area is 151 Å². The molecular weight excluding hydrogens is 348 g/mol. The van der Waals surface area contributed by atoms with Crippen LogP contribution in [0.15, 0.2) is 41.8 Å². The highest BCUT2D eigenvalue weighted by Gasteiger charge is 2.44. The van der Waals surface area contributed by atoms with Gasteiger partial charge in [0.05, 0.1) is 12.7 Å². The lowest BCUT2D eigenvalue weighted by molar-refractivity contribution is -0.296. The average molecular weight is 373 g/mol. The van der Waals surface area contributed by atoms with Crippen molar-refractivity contribution in [2.45, 2.75) is 43.5 Å². The molecule has 24 heavy (non-hydrogen) atoms. The fraction of sp³-hybridized carbons (Fsp3) is 0.529. The van der Waals surface area contributed by atoms with Crippen molar-refractivity contribution in [1.82, 2.24) is 0 Å². The number of thiol groups is 1. The van der Waals surface area contributed by atoms with E-state index in [-0.39, 0.29) is 0 Å². The molecule has 0 aromatic carbocycles. The molecule has 5 atom stereocenters. The third-order valence-corrected chi connectivity index (χ3v) is 4.89. The molecule has 1 aliphatic rings. The summed E-state index contributed by atoms with van der Waals surface area (Å²) in [4.78, 5) is 0.980. The first-order valence-electron chi connectivity index (χ1n) is 7.91. The molecule has 0 amide bonds. The minimum Gasteiger partial charge on any atom is -0.388 e. The highest BCUT2D eigenvalue weighted by molar-refractivity contribution is 7.80. The largest absolute Gasteiger partial charge is 0.388 e. The summed E-state index contributed by atoms with van der Waals surface area (Å²) in [6.45, 7) is 0.370.